The van der Waals surface area contributed by atoms with Crippen molar-refractivity contribution in [1.29, 1.82) is 0 Å². The molecule has 0 bridgehead atoms. The van der Waals surface area contributed by atoms with Crippen LogP contribution in [0.1, 0.15) is 140 Å². The Bertz CT molecular complexity index is 5460. The number of hydrogen-bond donors (Lipinski definition) is 5. The van der Waals surface area contributed by atoms with Crippen LogP contribution >= 0.6 is 34.8 Å². The van der Waals surface area contributed by atoms with E-state index in [1.807, 2.05) is 13.8 Å². The SMILES string of the molecule is COc1cc(NC(C(=O)N2CCc3cc(C)c(C(F)(F)F)cc32)c2ccc(Cl)cc2)cc(OCCC(C)(C)C(C)=O)c1.COc1cc(NC(C(=O)N2CCc3cc(C)c(C(F)(F)F)cc32)c2ccc(Cl)cc2)cc(OCCC(C)C(=O)O)c1.COc1cc(NC(C(=O)N2CCc3ccc(OC(F)(F)F)cc32)c2ccc(Cl)cc2C)cc(OCCC(C)(C)C(=O)O)c1. The topological polar surface area (TPSA) is 253 Å². The van der Waals surface area contributed by atoms with E-state index in [1.54, 1.807) is 156 Å². The Morgan fingerprint density at radius 3 is 1.18 bits per heavy atom. The summed E-state index contributed by atoms with van der Waals surface area (Å²) in [7, 11) is 4.45. The van der Waals surface area contributed by atoms with E-state index >= 15 is 0 Å². The lowest BCUT2D eigenvalue weighted by atomic mass is 9.86. The lowest BCUT2D eigenvalue weighted by molar-refractivity contribution is -0.274. The average Bonchev–Trinajstić information content (AvgIpc) is 1.57. The number of halogens is 12. The van der Waals surface area contributed by atoms with Crippen LogP contribution in [0.2, 0.25) is 15.1 Å². The third kappa shape index (κ3) is 24.9. The molecule has 33 heteroatoms. The number of Topliss-reactive ketones (excluding diaryl/α,β-unsaturated/α-hetero) is 1. The summed E-state index contributed by atoms with van der Waals surface area (Å²) in [4.78, 5) is 81.0. The Kier molecular flexibility index (Phi) is 31.1. The number of nitrogens with zero attached hydrogens (tertiary/aromatic N) is 3. The minimum atomic E-state index is -4.87. The summed E-state index contributed by atoms with van der Waals surface area (Å²) < 4.78 is 159. The Balaban J connectivity index is 0.000000197. The van der Waals surface area contributed by atoms with Crippen LogP contribution in [0.3, 0.4) is 0 Å². The second kappa shape index (κ2) is 40.7. The van der Waals surface area contributed by atoms with Crippen molar-refractivity contribution in [2.45, 2.75) is 138 Å². The highest BCUT2D eigenvalue weighted by atomic mass is 35.5. The zero-order valence-corrected chi connectivity index (χ0v) is 73.2. The van der Waals surface area contributed by atoms with Gasteiger partial charge in [0.15, 0.2) is 0 Å². The van der Waals surface area contributed by atoms with E-state index < -0.39 is 100 Å². The van der Waals surface area contributed by atoms with E-state index in [0.29, 0.717) is 126 Å². The van der Waals surface area contributed by atoms with Crippen LogP contribution in [-0.2, 0) is 60.4 Å². The molecule has 0 saturated heterocycles. The summed E-state index contributed by atoms with van der Waals surface area (Å²) in [5, 5.41) is 29.6. The molecule has 21 nitrogen and oxygen atoms in total. The highest BCUT2D eigenvalue weighted by Gasteiger charge is 2.42. The molecule has 9 aromatic rings. The number of hydrogen-bond acceptors (Lipinski definition) is 16. The van der Waals surface area contributed by atoms with Crippen molar-refractivity contribution >= 4 is 104 Å². The smallest absolute Gasteiger partial charge is 0.497 e. The first-order valence-corrected chi connectivity index (χ1v) is 41.1. The minimum absolute atomic E-state index is 0.0596. The molecule has 4 atom stereocenters. The maximum Gasteiger partial charge on any atom is 0.573 e. The number of ketones is 1. The predicted molar refractivity (Wildman–Crippen MR) is 464 cm³/mol. The molecule has 3 aliphatic heterocycles. The molecular weight excluding hydrogens is 1720 g/mol. The van der Waals surface area contributed by atoms with E-state index in [-0.39, 0.29) is 80.6 Å². The van der Waals surface area contributed by atoms with Gasteiger partial charge in [0.1, 0.15) is 64.2 Å². The molecule has 12 rings (SSSR count). The first-order chi connectivity index (χ1) is 59.2. The standard InChI is InChI=1S/C32H34ClF3N2O4.C31H32ClF3N2O6.C30H30ClF3N2O5/c1-19-14-22-10-12-38(28(22)18-27(19)32(34,35)36)30(40)29(21-6-8-23(33)9-7-21)37-24-15-25(41-5)17-26(16-24)42-13-11-31(3,4)20(2)39;1-18-13-20(32)6-8-25(18)27(28(38)37-11-9-19-5-7-22(17-26(19)37)43-31(33,34)35)36-21-14-23(41-4)16-24(15-21)42-12-10-30(2,3)29(39)40;1-17(29(38)39)9-11-41-24-14-22(13-23(15-24)40-3)35-27(19-4-6-21(31)7-5-19)28(37)36-10-8-20-12-18(2)25(16-26(20)36)30(32,33)34/h6-9,14-18,29,37H,10-13H2,1-5H3;5-8,13-17,27,36H,9-12H2,1-4H3,(H,39,40);4-7,12-17,27,35H,8-11H2,1-3H3,(H,38,39). The van der Waals surface area contributed by atoms with Crippen LogP contribution < -0.4 is 63.8 Å². The Morgan fingerprint density at radius 1 is 0.429 bits per heavy atom. The molecule has 4 unspecified atom stereocenters. The second-order valence-corrected chi connectivity index (χ2v) is 33.2. The van der Waals surface area contributed by atoms with Crippen LogP contribution in [0.4, 0.5) is 73.6 Å². The third-order valence-corrected chi connectivity index (χ3v) is 22.7. The van der Waals surface area contributed by atoms with E-state index in [9.17, 15) is 73.4 Å². The number of aryl methyl sites for hydroxylation is 3. The Labute approximate surface area is 738 Å². The fourth-order valence-corrected chi connectivity index (χ4v) is 14.7. The van der Waals surface area contributed by atoms with Crippen LogP contribution in [0.25, 0.3) is 0 Å². The molecule has 0 fully saturated rings. The number of methoxy groups -OCH3 is 3. The number of benzene rings is 9. The quantitative estimate of drug-likeness (QED) is 0.0253. The van der Waals surface area contributed by atoms with Gasteiger partial charge in [0.25, 0.3) is 17.7 Å². The van der Waals surface area contributed by atoms with Crippen molar-refractivity contribution in [1.82, 2.24) is 0 Å². The summed E-state index contributed by atoms with van der Waals surface area (Å²) >= 11 is 18.4. The molecule has 0 radical (unpaired) electrons. The van der Waals surface area contributed by atoms with Crippen LogP contribution in [0.5, 0.6) is 40.2 Å². The molecule has 126 heavy (non-hydrogen) atoms. The number of fused-ring (bicyclic) bond motifs is 3. The average molecular weight is 1820 g/mol. The molecule has 672 valence electrons. The summed E-state index contributed by atoms with van der Waals surface area (Å²) in [5.41, 5.74) is 3.95. The maximum atomic E-state index is 14.2. The van der Waals surface area contributed by atoms with Gasteiger partial charge in [0, 0.05) is 129 Å². The highest BCUT2D eigenvalue weighted by Crippen LogP contribution is 2.45. The number of carboxylic acids is 2. The van der Waals surface area contributed by atoms with E-state index in [4.69, 9.17) is 68.3 Å². The van der Waals surface area contributed by atoms with Gasteiger partial charge in [-0.15, -0.1) is 13.2 Å². The molecular formula is C93H96Cl3F9N6O15. The molecule has 3 amide bonds. The Morgan fingerprint density at radius 2 is 0.802 bits per heavy atom. The lowest BCUT2D eigenvalue weighted by Crippen LogP contribution is -2.37. The second-order valence-electron chi connectivity index (χ2n) is 31.9. The molecule has 0 aliphatic carbocycles. The van der Waals surface area contributed by atoms with Gasteiger partial charge in [-0.05, 0) is 185 Å². The van der Waals surface area contributed by atoms with E-state index in [0.717, 1.165) is 23.3 Å². The molecule has 0 spiro atoms. The monoisotopic (exact) mass is 1810 g/mol. The number of rotatable bonds is 31. The number of alkyl halides is 9. The van der Waals surface area contributed by atoms with Crippen LogP contribution in [0, 0.1) is 37.5 Å². The van der Waals surface area contributed by atoms with Crippen LogP contribution in [0.15, 0.2) is 164 Å². The molecule has 3 aliphatic rings. The van der Waals surface area contributed by atoms with Gasteiger partial charge in [-0.25, -0.2) is 0 Å². The summed E-state index contributed by atoms with van der Waals surface area (Å²) in [6.45, 7) is 16.0. The summed E-state index contributed by atoms with van der Waals surface area (Å²) in [6, 6.07) is 39.6. The van der Waals surface area contributed by atoms with Gasteiger partial charge in [-0.2, -0.15) is 26.3 Å². The van der Waals surface area contributed by atoms with Crippen molar-refractivity contribution in [3.05, 3.63) is 240 Å². The minimum Gasteiger partial charge on any atom is -0.497 e. The summed E-state index contributed by atoms with van der Waals surface area (Å²) in [5.74, 6) is -1.49. The van der Waals surface area contributed by atoms with Crippen molar-refractivity contribution in [3.63, 3.8) is 0 Å². The zero-order chi connectivity index (χ0) is 92.2. The number of amides is 3. The number of anilines is 6. The van der Waals surface area contributed by atoms with Gasteiger partial charge in [-0.1, -0.05) is 104 Å². The van der Waals surface area contributed by atoms with Gasteiger partial charge >= 0.3 is 30.7 Å². The highest BCUT2D eigenvalue weighted by molar-refractivity contribution is 6.31. The maximum absolute atomic E-state index is 14.2. The number of aliphatic carboxylic acids is 2. The van der Waals surface area contributed by atoms with E-state index in [2.05, 4.69) is 20.7 Å². The van der Waals surface area contributed by atoms with Crippen molar-refractivity contribution in [2.24, 2.45) is 16.7 Å². The number of carbonyl (C=O) groups is 6. The molecule has 0 saturated carbocycles. The Hall–Kier alpha value is -11.8. The predicted octanol–water partition coefficient (Wildman–Crippen LogP) is 21.9. The largest absolute Gasteiger partial charge is 0.573 e. The molecule has 0 aromatic heterocycles. The number of nitrogens with one attached hydrogen (secondary N) is 3. The molecule has 9 aromatic carbocycles. The van der Waals surface area contributed by atoms with Crippen LogP contribution in [-0.4, -0.2) is 113 Å². The van der Waals surface area contributed by atoms with Gasteiger partial charge < -0.3 is 74.0 Å². The summed E-state index contributed by atoms with van der Waals surface area (Å²) in [6.07, 6.45) is -11.6. The first-order valence-electron chi connectivity index (χ1n) is 40.0. The normalized spacial score (nSPS) is 14.0. The van der Waals surface area contributed by atoms with Crippen molar-refractivity contribution in [3.8, 4) is 40.2 Å². The number of ether oxygens (including phenoxy) is 7. The molecule has 3 heterocycles. The number of carboxylic acid groups (broad SMARTS) is 2. The zero-order valence-electron chi connectivity index (χ0n) is 71.0. The molecule has 5 N–H and O–H groups in total. The van der Waals surface area contributed by atoms with E-state index in [1.165, 1.54) is 80.2 Å². The third-order valence-electron chi connectivity index (χ3n) is 22.0. The van der Waals surface area contributed by atoms with Gasteiger partial charge in [0.2, 0.25) is 0 Å². The van der Waals surface area contributed by atoms with Gasteiger partial charge in [-0.3, -0.25) is 28.8 Å². The van der Waals surface area contributed by atoms with Crippen molar-refractivity contribution in [2.75, 3.05) is 91.4 Å². The number of carbonyl (C=O) groups excluding carboxylic acids is 4. The first kappa shape index (κ1) is 96.5. The fourth-order valence-electron chi connectivity index (χ4n) is 14.2. The van der Waals surface area contributed by atoms with Gasteiger partial charge in [0.05, 0.1) is 69.3 Å². The fraction of sp³-hybridized carbons (Fsp3) is 0.355. The lowest BCUT2D eigenvalue weighted by Gasteiger charge is -2.27. The van der Waals surface area contributed by atoms with Crippen molar-refractivity contribution < 1.29 is 112 Å².